The molecule has 3 rings (SSSR count). The van der Waals surface area contributed by atoms with Gasteiger partial charge in [-0.3, -0.25) is 4.79 Å². The second kappa shape index (κ2) is 5.50. The van der Waals surface area contributed by atoms with Crippen LogP contribution in [0.25, 0.3) is 0 Å². The highest BCUT2D eigenvalue weighted by molar-refractivity contribution is 7.09. The van der Waals surface area contributed by atoms with Crippen LogP contribution in [0.15, 0.2) is 23.6 Å². The third-order valence-electron chi connectivity index (χ3n) is 3.12. The van der Waals surface area contributed by atoms with Gasteiger partial charge in [-0.25, -0.2) is 9.37 Å². The van der Waals surface area contributed by atoms with Gasteiger partial charge in [-0.05, 0) is 25.0 Å². The van der Waals surface area contributed by atoms with E-state index in [0.29, 0.717) is 5.92 Å². The quantitative estimate of drug-likeness (QED) is 0.934. The fourth-order valence-electron chi connectivity index (χ4n) is 1.90. The van der Waals surface area contributed by atoms with Crippen molar-refractivity contribution in [2.45, 2.75) is 25.3 Å². The summed E-state index contributed by atoms with van der Waals surface area (Å²) in [4.78, 5) is 16.4. The zero-order valence-electron chi connectivity index (χ0n) is 10.5. The smallest absolute Gasteiger partial charge is 0.256 e. The first-order chi connectivity index (χ1) is 9.65. The molecule has 104 valence electrons. The van der Waals surface area contributed by atoms with Crippen LogP contribution in [0.3, 0.4) is 0 Å². The molecule has 0 radical (unpaired) electrons. The molecule has 1 amide bonds. The number of aromatic nitrogens is 1. The van der Waals surface area contributed by atoms with E-state index in [2.05, 4.69) is 10.3 Å². The summed E-state index contributed by atoms with van der Waals surface area (Å²) in [7, 11) is 0. The Kier molecular flexibility index (Phi) is 3.72. The summed E-state index contributed by atoms with van der Waals surface area (Å²) in [5, 5.41) is 5.81. The molecular formula is C14H12ClFN2OS. The van der Waals surface area contributed by atoms with Crippen LogP contribution in [-0.4, -0.2) is 10.9 Å². The number of halogens is 2. The van der Waals surface area contributed by atoms with Crippen LogP contribution >= 0.6 is 22.9 Å². The van der Waals surface area contributed by atoms with Crippen LogP contribution in [-0.2, 0) is 6.54 Å². The summed E-state index contributed by atoms with van der Waals surface area (Å²) in [5.74, 6) is -0.536. The average molecular weight is 311 g/mol. The highest BCUT2D eigenvalue weighted by Gasteiger charge is 2.26. The van der Waals surface area contributed by atoms with E-state index < -0.39 is 11.7 Å². The van der Waals surface area contributed by atoms with Crippen molar-refractivity contribution in [3.8, 4) is 0 Å². The number of benzene rings is 1. The van der Waals surface area contributed by atoms with E-state index in [-0.39, 0.29) is 17.1 Å². The lowest BCUT2D eigenvalue weighted by molar-refractivity contribution is 0.0946. The molecule has 20 heavy (non-hydrogen) atoms. The highest BCUT2D eigenvalue weighted by Crippen LogP contribution is 2.41. The van der Waals surface area contributed by atoms with Crippen molar-refractivity contribution in [3.05, 3.63) is 50.7 Å². The van der Waals surface area contributed by atoms with E-state index in [1.54, 1.807) is 11.3 Å². The summed E-state index contributed by atoms with van der Waals surface area (Å²) in [6.45, 7) is 0.284. The molecule has 2 aromatic rings. The molecule has 1 aromatic carbocycles. The maximum absolute atomic E-state index is 13.6. The van der Waals surface area contributed by atoms with Gasteiger partial charge in [0.2, 0.25) is 0 Å². The zero-order valence-corrected chi connectivity index (χ0v) is 12.1. The van der Waals surface area contributed by atoms with E-state index in [1.165, 1.54) is 31.0 Å². The topological polar surface area (TPSA) is 42.0 Å². The first kappa shape index (κ1) is 13.5. The first-order valence-corrected chi connectivity index (χ1v) is 7.57. The first-order valence-electron chi connectivity index (χ1n) is 6.31. The second-order valence-electron chi connectivity index (χ2n) is 4.73. The maximum Gasteiger partial charge on any atom is 0.256 e. The third-order valence-corrected chi connectivity index (χ3v) is 4.49. The fraction of sp³-hybridized carbons (Fsp3) is 0.286. The lowest BCUT2D eigenvalue weighted by Crippen LogP contribution is -2.24. The van der Waals surface area contributed by atoms with Crippen molar-refractivity contribution in [3.63, 3.8) is 0 Å². The number of nitrogens with one attached hydrogen (secondary N) is 1. The predicted molar refractivity (Wildman–Crippen MR) is 76.7 cm³/mol. The van der Waals surface area contributed by atoms with Gasteiger partial charge in [-0.2, -0.15) is 0 Å². The van der Waals surface area contributed by atoms with Crippen molar-refractivity contribution in [2.75, 3.05) is 0 Å². The van der Waals surface area contributed by atoms with Gasteiger partial charge in [0.05, 0.1) is 27.8 Å². The van der Waals surface area contributed by atoms with Crippen molar-refractivity contribution in [2.24, 2.45) is 0 Å². The lowest BCUT2D eigenvalue weighted by Gasteiger charge is -2.06. The number of thiazole rings is 1. The van der Waals surface area contributed by atoms with E-state index in [9.17, 15) is 9.18 Å². The summed E-state index contributed by atoms with van der Waals surface area (Å²) in [6.07, 6.45) is 2.40. The molecule has 0 spiro atoms. The molecule has 1 aliphatic carbocycles. The molecule has 1 N–H and O–H groups in total. The van der Waals surface area contributed by atoms with Crippen molar-refractivity contribution < 1.29 is 9.18 Å². The molecule has 6 heteroatoms. The summed E-state index contributed by atoms with van der Waals surface area (Å²) in [6, 6.07) is 4.18. The Bertz CT molecular complexity index is 634. The van der Waals surface area contributed by atoms with Gasteiger partial charge < -0.3 is 5.32 Å². The average Bonchev–Trinajstić information content (AvgIpc) is 3.16. The van der Waals surface area contributed by atoms with Gasteiger partial charge in [0.15, 0.2) is 0 Å². The maximum atomic E-state index is 13.6. The van der Waals surface area contributed by atoms with Crippen LogP contribution in [0, 0.1) is 5.82 Å². The van der Waals surface area contributed by atoms with Crippen LogP contribution < -0.4 is 5.32 Å². The summed E-state index contributed by atoms with van der Waals surface area (Å²) < 4.78 is 13.6. The Morgan fingerprint density at radius 1 is 1.50 bits per heavy atom. The number of carbonyl (C=O) groups excluding carboxylic acids is 1. The standard InChI is InChI=1S/C14H12ClFN2OS/c15-10-2-1-3-11(16)12(10)13(19)17-6-9-7-20-14(18-9)8-4-5-8/h1-3,7-8H,4-6H2,(H,17,19). The minimum absolute atomic E-state index is 0.111. The molecule has 3 nitrogen and oxygen atoms in total. The normalized spacial score (nSPS) is 14.3. The number of rotatable bonds is 4. The van der Waals surface area contributed by atoms with E-state index in [0.717, 1.165) is 10.7 Å². The third kappa shape index (κ3) is 2.83. The van der Waals surface area contributed by atoms with Gasteiger partial charge in [-0.1, -0.05) is 17.7 Å². The molecule has 0 atom stereocenters. The SMILES string of the molecule is O=C(NCc1csc(C2CC2)n1)c1c(F)cccc1Cl. The molecule has 0 bridgehead atoms. The van der Waals surface area contributed by atoms with Gasteiger partial charge in [0.1, 0.15) is 5.82 Å². The minimum atomic E-state index is -0.619. The number of hydrogen-bond donors (Lipinski definition) is 1. The van der Waals surface area contributed by atoms with Gasteiger partial charge in [-0.15, -0.1) is 11.3 Å². The fourth-order valence-corrected chi connectivity index (χ4v) is 3.14. The Hall–Kier alpha value is -1.46. The largest absolute Gasteiger partial charge is 0.346 e. The van der Waals surface area contributed by atoms with E-state index >= 15 is 0 Å². The van der Waals surface area contributed by atoms with Crippen LogP contribution in [0.4, 0.5) is 4.39 Å². The number of amides is 1. The van der Waals surface area contributed by atoms with Gasteiger partial charge in [0.25, 0.3) is 5.91 Å². The molecule has 1 aliphatic rings. The molecular weight excluding hydrogens is 299 g/mol. The van der Waals surface area contributed by atoms with Gasteiger partial charge in [0, 0.05) is 11.3 Å². The van der Waals surface area contributed by atoms with E-state index in [4.69, 9.17) is 11.6 Å². The Labute approximate surface area is 124 Å². The molecule has 0 saturated heterocycles. The molecule has 0 unspecified atom stereocenters. The number of carbonyl (C=O) groups is 1. The highest BCUT2D eigenvalue weighted by atomic mass is 35.5. The van der Waals surface area contributed by atoms with Gasteiger partial charge >= 0.3 is 0 Å². The van der Waals surface area contributed by atoms with Crippen molar-refractivity contribution >= 4 is 28.8 Å². The van der Waals surface area contributed by atoms with Crippen LogP contribution in [0.2, 0.25) is 5.02 Å². The molecule has 1 fully saturated rings. The minimum Gasteiger partial charge on any atom is -0.346 e. The van der Waals surface area contributed by atoms with Crippen molar-refractivity contribution in [1.82, 2.24) is 10.3 Å². The molecule has 0 aliphatic heterocycles. The molecule has 1 heterocycles. The van der Waals surface area contributed by atoms with Crippen LogP contribution in [0.5, 0.6) is 0 Å². The summed E-state index contributed by atoms with van der Waals surface area (Å²) in [5.41, 5.74) is 0.685. The molecule has 1 saturated carbocycles. The zero-order chi connectivity index (χ0) is 14.1. The number of nitrogens with zero attached hydrogens (tertiary/aromatic N) is 1. The molecule has 1 aromatic heterocycles. The lowest BCUT2D eigenvalue weighted by atomic mass is 10.2. The Morgan fingerprint density at radius 2 is 2.30 bits per heavy atom. The number of hydrogen-bond acceptors (Lipinski definition) is 3. The predicted octanol–water partition coefficient (Wildman–Crippen LogP) is 3.74. The Morgan fingerprint density at radius 3 is 3.00 bits per heavy atom. The monoisotopic (exact) mass is 310 g/mol. The van der Waals surface area contributed by atoms with E-state index in [1.807, 2.05) is 5.38 Å². The Balaban J connectivity index is 1.66. The van der Waals surface area contributed by atoms with Crippen LogP contribution in [0.1, 0.15) is 39.8 Å². The van der Waals surface area contributed by atoms with Crippen molar-refractivity contribution in [1.29, 1.82) is 0 Å². The second-order valence-corrected chi connectivity index (χ2v) is 6.03. The summed E-state index contributed by atoms with van der Waals surface area (Å²) >= 11 is 7.46.